The van der Waals surface area contributed by atoms with E-state index in [0.717, 1.165) is 25.9 Å². The van der Waals surface area contributed by atoms with Gasteiger partial charge < -0.3 is 40.0 Å². The van der Waals surface area contributed by atoms with Crippen LogP contribution in [0.3, 0.4) is 0 Å². The normalized spacial score (nSPS) is 24.5. The van der Waals surface area contributed by atoms with Crippen LogP contribution in [-0.2, 0) is 19.0 Å². The first-order valence-electron chi connectivity index (χ1n) is 14.9. The fourth-order valence-electron chi connectivity index (χ4n) is 5.27. The van der Waals surface area contributed by atoms with Crippen molar-refractivity contribution < 1.29 is 39.4 Å². The van der Waals surface area contributed by atoms with Gasteiger partial charge in [-0.1, -0.05) is 54.0 Å². The van der Waals surface area contributed by atoms with E-state index in [2.05, 4.69) is 33.2 Å². The van der Waals surface area contributed by atoms with Gasteiger partial charge in [-0.3, -0.25) is 10.1 Å². The van der Waals surface area contributed by atoms with Gasteiger partial charge in [0.1, 0.15) is 24.9 Å². The number of nitrogens with one attached hydrogen (secondary N) is 2. The van der Waals surface area contributed by atoms with Crippen LogP contribution in [0.2, 0.25) is 0 Å². The number of hydrogen-bond donors (Lipinski definition) is 6. The van der Waals surface area contributed by atoms with E-state index in [4.69, 9.17) is 14.2 Å². The summed E-state index contributed by atoms with van der Waals surface area (Å²) >= 11 is 2.41. The van der Waals surface area contributed by atoms with Crippen LogP contribution in [0.4, 0.5) is 5.69 Å². The van der Waals surface area contributed by atoms with Gasteiger partial charge in [0.2, 0.25) is 5.91 Å². The number of hydrogen-bond acceptors (Lipinski definition) is 10. The molecule has 1 saturated heterocycles. The summed E-state index contributed by atoms with van der Waals surface area (Å²) in [5.74, 6) is -0.168. The Kier molecular flexibility index (Phi) is 16.3. The van der Waals surface area contributed by atoms with Gasteiger partial charge in [0.05, 0.1) is 32.5 Å². The third-order valence-electron chi connectivity index (χ3n) is 7.47. The number of benzene rings is 1. The first-order valence-corrected chi connectivity index (χ1v) is 16.4. The number of nitrogens with zero attached hydrogens (tertiary/aromatic N) is 1. The van der Waals surface area contributed by atoms with Crippen LogP contribution in [0.5, 0.6) is 0 Å². The smallest absolute Gasteiger partial charge is 0.224 e. The number of unbranched alkanes of at least 4 members (excludes halogenated alkanes) is 5. The molecule has 11 nitrogen and oxygen atoms in total. The number of piperidine rings is 1. The first kappa shape index (κ1) is 34.5. The maximum Gasteiger partial charge on any atom is 0.224 e. The molecule has 1 fully saturated rings. The van der Waals surface area contributed by atoms with Crippen LogP contribution in [0.1, 0.15) is 87.8 Å². The van der Waals surface area contributed by atoms with Crippen molar-refractivity contribution in [1.82, 2.24) is 10.2 Å². The number of rotatable bonds is 20. The van der Waals surface area contributed by atoms with Crippen molar-refractivity contribution in [1.29, 1.82) is 0 Å². The Morgan fingerprint density at radius 3 is 2.15 bits per heavy atom. The average molecular weight is 694 g/mol. The van der Waals surface area contributed by atoms with Crippen molar-refractivity contribution in [3.05, 3.63) is 29.3 Å². The monoisotopic (exact) mass is 693 g/mol. The summed E-state index contributed by atoms with van der Waals surface area (Å²) < 4.78 is 17.9. The lowest BCUT2D eigenvalue weighted by Crippen LogP contribution is -2.57. The van der Waals surface area contributed by atoms with Crippen LogP contribution in [-0.4, -0.2) is 93.8 Å². The standard InChI is InChI=1S/C29H48IN3O8/c30-14-5-1-2-6-15-39-17-19-41-20-18-40-16-7-3-4-11-24(34)31-22-10-8-9-21-26(22)29(38)33(28(21)37)23-12-13-25(35)32-27(23)36/h8-10,23,25,27-29,32,35-38H,1-7,11-20H2,(H,31,34). The number of anilines is 1. The van der Waals surface area contributed by atoms with E-state index in [1.807, 2.05) is 0 Å². The van der Waals surface area contributed by atoms with Gasteiger partial charge in [-0.05, 0) is 49.0 Å². The first-order chi connectivity index (χ1) is 19.9. The van der Waals surface area contributed by atoms with E-state index in [1.165, 1.54) is 28.6 Å². The third kappa shape index (κ3) is 11.2. The molecule has 6 N–H and O–H groups in total. The lowest BCUT2D eigenvalue weighted by atomic mass is 10.0. The van der Waals surface area contributed by atoms with E-state index >= 15 is 0 Å². The predicted molar refractivity (Wildman–Crippen MR) is 163 cm³/mol. The van der Waals surface area contributed by atoms with Gasteiger partial charge in [-0.25, -0.2) is 4.90 Å². The molecular weight excluding hydrogens is 645 g/mol. The lowest BCUT2D eigenvalue weighted by molar-refractivity contribution is -0.158. The molecule has 12 heteroatoms. The number of aliphatic hydroxyl groups is 4. The molecule has 41 heavy (non-hydrogen) atoms. The highest BCUT2D eigenvalue weighted by Gasteiger charge is 2.45. The highest BCUT2D eigenvalue weighted by molar-refractivity contribution is 14.1. The number of ether oxygens (including phenoxy) is 3. The minimum absolute atomic E-state index is 0.168. The fraction of sp³-hybridized carbons (Fsp3) is 0.759. The molecular formula is C29H48IN3O8. The highest BCUT2D eigenvalue weighted by atomic mass is 127. The average Bonchev–Trinajstić information content (AvgIpc) is 3.20. The van der Waals surface area contributed by atoms with Crippen molar-refractivity contribution in [2.24, 2.45) is 0 Å². The van der Waals surface area contributed by atoms with Crippen molar-refractivity contribution in [3.8, 4) is 0 Å². The maximum atomic E-state index is 12.6. The molecule has 234 valence electrons. The minimum Gasteiger partial charge on any atom is -0.379 e. The Bertz CT molecular complexity index is 898. The molecule has 0 aliphatic carbocycles. The van der Waals surface area contributed by atoms with Gasteiger partial charge in [0.25, 0.3) is 0 Å². The van der Waals surface area contributed by atoms with Gasteiger partial charge >= 0.3 is 0 Å². The van der Waals surface area contributed by atoms with Gasteiger partial charge in [0.15, 0.2) is 0 Å². The molecule has 1 aromatic rings. The molecule has 0 radical (unpaired) electrons. The molecule has 2 heterocycles. The van der Waals surface area contributed by atoms with Crippen LogP contribution < -0.4 is 10.6 Å². The summed E-state index contributed by atoms with van der Waals surface area (Å²) in [5.41, 5.74) is 1.36. The SMILES string of the molecule is O=C(CCCCCOCCOCCOCCCCCCI)Nc1cccc2c1C(O)N(C1CCC(O)NC1O)C2O. The minimum atomic E-state index is -1.21. The summed E-state index contributed by atoms with van der Waals surface area (Å²) in [5, 5.41) is 47.6. The summed E-state index contributed by atoms with van der Waals surface area (Å²) in [6, 6.07) is 4.52. The molecule has 5 atom stereocenters. The molecule has 2 aliphatic rings. The quantitative estimate of drug-likeness (QED) is 0.0684. The van der Waals surface area contributed by atoms with Crippen LogP contribution in [0, 0.1) is 0 Å². The van der Waals surface area contributed by atoms with E-state index in [1.54, 1.807) is 18.2 Å². The summed E-state index contributed by atoms with van der Waals surface area (Å²) in [7, 11) is 0. The summed E-state index contributed by atoms with van der Waals surface area (Å²) in [6.07, 6.45) is 4.11. The van der Waals surface area contributed by atoms with Gasteiger partial charge in [0, 0.05) is 36.4 Å². The van der Waals surface area contributed by atoms with Crippen LogP contribution in [0.15, 0.2) is 18.2 Å². The van der Waals surface area contributed by atoms with Crippen molar-refractivity contribution >= 4 is 34.2 Å². The van der Waals surface area contributed by atoms with Gasteiger partial charge in [-0.2, -0.15) is 0 Å². The number of halogens is 1. The zero-order valence-electron chi connectivity index (χ0n) is 23.9. The molecule has 0 spiro atoms. The fourth-order valence-corrected chi connectivity index (χ4v) is 5.81. The van der Waals surface area contributed by atoms with Gasteiger partial charge in [-0.15, -0.1) is 0 Å². The molecule has 0 bridgehead atoms. The van der Waals surface area contributed by atoms with Crippen molar-refractivity contribution in [2.75, 3.05) is 49.4 Å². The highest BCUT2D eigenvalue weighted by Crippen LogP contribution is 2.45. The van der Waals surface area contributed by atoms with E-state index in [0.29, 0.717) is 75.5 Å². The Morgan fingerprint density at radius 2 is 1.49 bits per heavy atom. The second-order valence-electron chi connectivity index (χ2n) is 10.6. The summed E-state index contributed by atoms with van der Waals surface area (Å²) in [4.78, 5) is 14.0. The summed E-state index contributed by atoms with van der Waals surface area (Å²) in [6.45, 7) is 3.68. The largest absolute Gasteiger partial charge is 0.379 e. The molecule has 0 aromatic heterocycles. The van der Waals surface area contributed by atoms with E-state index in [-0.39, 0.29) is 5.91 Å². The number of aliphatic hydroxyl groups excluding tert-OH is 4. The molecule has 1 aromatic carbocycles. The van der Waals surface area contributed by atoms with E-state index < -0.39 is 31.0 Å². The molecule has 2 aliphatic heterocycles. The second kappa shape index (κ2) is 19.4. The van der Waals surface area contributed by atoms with Crippen LogP contribution in [0.25, 0.3) is 0 Å². The zero-order chi connectivity index (χ0) is 29.5. The molecule has 3 rings (SSSR count). The maximum absolute atomic E-state index is 12.6. The number of alkyl halides is 1. The Labute approximate surface area is 257 Å². The molecule has 1 amide bonds. The Balaban J connectivity index is 1.25. The lowest BCUT2D eigenvalue weighted by Gasteiger charge is -2.40. The van der Waals surface area contributed by atoms with Crippen LogP contribution >= 0.6 is 22.6 Å². The molecule has 5 unspecified atom stereocenters. The number of carbonyl (C=O) groups excluding carboxylic acids is 1. The third-order valence-corrected chi connectivity index (χ3v) is 8.23. The number of fused-ring (bicyclic) bond motifs is 1. The Hall–Kier alpha value is -0.940. The number of amides is 1. The second-order valence-corrected chi connectivity index (χ2v) is 11.7. The molecule has 0 saturated carbocycles. The van der Waals surface area contributed by atoms with Crippen molar-refractivity contribution in [2.45, 2.75) is 95.2 Å². The topological polar surface area (TPSA) is 153 Å². The van der Waals surface area contributed by atoms with Crippen molar-refractivity contribution in [3.63, 3.8) is 0 Å². The number of carbonyl (C=O) groups is 1. The zero-order valence-corrected chi connectivity index (χ0v) is 26.0. The van der Waals surface area contributed by atoms with E-state index in [9.17, 15) is 25.2 Å². The Morgan fingerprint density at radius 1 is 0.854 bits per heavy atom. The predicted octanol–water partition coefficient (Wildman–Crippen LogP) is 2.92.